The Bertz CT molecular complexity index is 3280. The van der Waals surface area contributed by atoms with Crippen LogP contribution in [0.2, 0.25) is 5.02 Å². The van der Waals surface area contributed by atoms with E-state index in [2.05, 4.69) is 55.4 Å². The van der Waals surface area contributed by atoms with Crippen LogP contribution in [0.25, 0.3) is 16.6 Å². The minimum atomic E-state index is -6.14. The second-order valence-electron chi connectivity index (χ2n) is 19.6. The van der Waals surface area contributed by atoms with Crippen molar-refractivity contribution in [2.45, 2.75) is 74.7 Å². The van der Waals surface area contributed by atoms with Gasteiger partial charge in [-0.1, -0.05) is 43.2 Å². The number of alkyl halides is 3. The van der Waals surface area contributed by atoms with Gasteiger partial charge in [-0.3, -0.25) is 14.5 Å². The number of rotatable bonds is 15. The molecule has 4 heterocycles. The first kappa shape index (κ1) is 53.8. The molecule has 5 aromatic rings. The summed E-state index contributed by atoms with van der Waals surface area (Å²) in [6.45, 7) is 12.1. The summed E-state index contributed by atoms with van der Waals surface area (Å²) >= 11 is 6.24. The van der Waals surface area contributed by atoms with Crippen LogP contribution in [0.5, 0.6) is 11.5 Å². The standard InChI is InChI=1S/C50H58ClF3N8O8S3/c1-33(15-18-60-23-25-71(65,26-24-60)58-34(2)63)57-44-12-10-41(29-46(44)72(66,67)50(52,53)54)73(68,69)59-48(64)42-11-9-39(28-45(42)70-40-27-36-14-17-55-47(36)56-31-40)62-21-19-61(20-22-62)32-37-13-16-49(3,4)30-43(37)35-5-7-38(51)8-6-35/h5-12,14,17,27-29,31,33,57H,13,15-16,18-26,30,32H2,1-4H3,(H,55,56)(H,59,64)/t33-/m0/s1. The van der Waals surface area contributed by atoms with E-state index >= 15 is 0 Å². The zero-order valence-corrected chi connectivity index (χ0v) is 44.0. The Kier molecular flexibility index (Phi) is 15.7. The van der Waals surface area contributed by atoms with E-state index in [1.54, 1.807) is 37.4 Å². The Balaban J connectivity index is 1.00. The number of hydrogen-bond acceptors (Lipinski definition) is 13. The topological polar surface area (TPSA) is 204 Å². The van der Waals surface area contributed by atoms with Crippen LogP contribution in [0.15, 0.2) is 105 Å². The molecule has 0 unspecified atom stereocenters. The fourth-order valence-electron chi connectivity index (χ4n) is 9.37. The molecule has 1 atom stereocenters. The molecule has 2 fully saturated rings. The molecule has 0 radical (unpaired) electrons. The quantitative estimate of drug-likeness (QED) is 0.0899. The number of carbonyl (C=O) groups excluding carboxylic acids is 2. The number of fused-ring (bicyclic) bond motifs is 1. The molecular formula is C50H58ClF3N8O8S3. The second kappa shape index (κ2) is 21.4. The third kappa shape index (κ3) is 12.9. The van der Waals surface area contributed by atoms with Crippen molar-refractivity contribution in [2.24, 2.45) is 9.78 Å². The Morgan fingerprint density at radius 3 is 2.34 bits per heavy atom. The first-order valence-corrected chi connectivity index (χ1v) is 29.0. The van der Waals surface area contributed by atoms with Crippen LogP contribution in [-0.4, -0.2) is 128 Å². The fourth-order valence-corrected chi connectivity index (χ4v) is 13.5. The molecule has 3 N–H and O–H groups in total. The molecular weight excluding hydrogens is 1030 g/mol. The molecule has 16 nitrogen and oxygen atoms in total. The normalized spacial score (nSPS) is 18.3. The average molecular weight is 1090 g/mol. The highest BCUT2D eigenvalue weighted by molar-refractivity contribution is 7.94. The Morgan fingerprint density at radius 2 is 1.66 bits per heavy atom. The van der Waals surface area contributed by atoms with Gasteiger partial charge < -0.3 is 24.8 Å². The van der Waals surface area contributed by atoms with E-state index < -0.39 is 68.4 Å². The monoisotopic (exact) mass is 1090 g/mol. The lowest BCUT2D eigenvalue weighted by Gasteiger charge is -2.39. The average Bonchev–Trinajstić information content (AvgIpc) is 3.80. The Morgan fingerprint density at radius 1 is 0.945 bits per heavy atom. The molecule has 2 aliphatic heterocycles. The van der Waals surface area contributed by atoms with E-state index in [0.29, 0.717) is 67.0 Å². The van der Waals surface area contributed by atoms with Gasteiger partial charge in [0.25, 0.3) is 31.7 Å². The molecule has 0 bridgehead atoms. The van der Waals surface area contributed by atoms with Gasteiger partial charge in [-0.05, 0) is 104 Å². The van der Waals surface area contributed by atoms with E-state index in [1.807, 2.05) is 21.8 Å². The van der Waals surface area contributed by atoms with Gasteiger partial charge >= 0.3 is 5.51 Å². The van der Waals surface area contributed by atoms with Gasteiger partial charge in [-0.25, -0.2) is 30.8 Å². The number of carbonyl (C=O) groups is 2. The molecule has 2 aromatic heterocycles. The highest BCUT2D eigenvalue weighted by atomic mass is 35.5. The van der Waals surface area contributed by atoms with Crippen molar-refractivity contribution in [1.29, 1.82) is 0 Å². The zero-order chi connectivity index (χ0) is 52.5. The lowest BCUT2D eigenvalue weighted by Crippen LogP contribution is -2.47. The van der Waals surface area contributed by atoms with Crippen molar-refractivity contribution in [3.8, 4) is 11.5 Å². The largest absolute Gasteiger partial charge is 0.501 e. The SMILES string of the molecule is CC(=O)N=S1(=O)CCN(CC[C@H](C)Nc2ccc(S(=O)(=O)NC(=O)c3ccc(N4CCN(CC5=C(c6ccc(Cl)cc6)CC(C)(C)CC5)CC4)cc3Oc3cnc4[nH]ccc4c3)cc2S(=O)(=O)C(F)(F)F)CC1. The van der Waals surface area contributed by atoms with Crippen LogP contribution in [0.4, 0.5) is 24.5 Å². The Labute approximate surface area is 428 Å². The van der Waals surface area contributed by atoms with Crippen molar-refractivity contribution in [1.82, 2.24) is 24.5 Å². The molecule has 2 amide bonds. The van der Waals surface area contributed by atoms with Crippen LogP contribution in [0.1, 0.15) is 69.3 Å². The van der Waals surface area contributed by atoms with Crippen molar-refractivity contribution < 1.29 is 48.5 Å². The number of halogens is 4. The number of aromatic nitrogens is 2. The van der Waals surface area contributed by atoms with E-state index in [0.717, 1.165) is 51.0 Å². The van der Waals surface area contributed by atoms with Crippen molar-refractivity contribution in [2.75, 3.05) is 74.1 Å². The van der Waals surface area contributed by atoms with Gasteiger partial charge in [0, 0.05) is 105 Å². The molecule has 3 aliphatic rings. The number of piperazine rings is 1. The summed E-state index contributed by atoms with van der Waals surface area (Å²) in [6, 6.07) is 17.7. The molecule has 0 spiro atoms. The van der Waals surface area contributed by atoms with Crippen LogP contribution in [0, 0.1) is 5.41 Å². The molecule has 392 valence electrons. The smallest absolute Gasteiger partial charge is 0.455 e. The van der Waals surface area contributed by atoms with Crippen LogP contribution in [0.3, 0.4) is 0 Å². The predicted octanol–water partition coefficient (Wildman–Crippen LogP) is 8.73. The minimum absolute atomic E-state index is 0.0371. The maximum atomic E-state index is 14.2. The van der Waals surface area contributed by atoms with Crippen molar-refractivity contribution in [3.05, 3.63) is 107 Å². The van der Waals surface area contributed by atoms with Crippen molar-refractivity contribution >= 4 is 81.0 Å². The number of benzene rings is 3. The summed E-state index contributed by atoms with van der Waals surface area (Å²) in [5.41, 5.74) is -1.17. The summed E-state index contributed by atoms with van der Waals surface area (Å²) in [6.07, 6.45) is 6.45. The summed E-state index contributed by atoms with van der Waals surface area (Å²) in [7, 11) is -13.8. The Hall–Kier alpha value is -5.52. The predicted molar refractivity (Wildman–Crippen MR) is 277 cm³/mol. The summed E-state index contributed by atoms with van der Waals surface area (Å²) in [4.78, 5) is 37.1. The molecule has 0 saturated carbocycles. The summed E-state index contributed by atoms with van der Waals surface area (Å²) in [5, 5.41) is 4.16. The molecule has 3 aromatic carbocycles. The highest BCUT2D eigenvalue weighted by Gasteiger charge is 2.48. The number of pyridine rings is 1. The number of ether oxygens (including phenoxy) is 1. The molecule has 8 rings (SSSR count). The molecule has 23 heteroatoms. The fraction of sp³-hybridized carbons (Fsp3) is 0.420. The van der Waals surface area contributed by atoms with Crippen LogP contribution < -0.4 is 19.7 Å². The third-order valence-electron chi connectivity index (χ3n) is 13.5. The number of sulfonamides is 1. The van der Waals surface area contributed by atoms with Crippen LogP contribution in [-0.2, 0) is 34.4 Å². The number of amides is 2. The maximum absolute atomic E-state index is 14.2. The summed E-state index contributed by atoms with van der Waals surface area (Å²) in [5.74, 6) is -1.19. The molecule has 1 aliphatic carbocycles. The second-order valence-corrected chi connectivity index (χ2v) is 26.1. The number of aromatic amines is 1. The molecule has 73 heavy (non-hydrogen) atoms. The van der Waals surface area contributed by atoms with Gasteiger partial charge in [0.2, 0.25) is 0 Å². The lowest BCUT2D eigenvalue weighted by atomic mass is 9.72. The number of allylic oxidation sites excluding steroid dienone is 1. The van der Waals surface area contributed by atoms with E-state index in [9.17, 15) is 43.8 Å². The minimum Gasteiger partial charge on any atom is -0.455 e. The van der Waals surface area contributed by atoms with Gasteiger partial charge in [0.05, 0.1) is 32.1 Å². The number of H-pyrrole nitrogens is 1. The zero-order valence-electron chi connectivity index (χ0n) is 40.8. The molecule has 2 saturated heterocycles. The van der Waals surface area contributed by atoms with E-state index in [-0.39, 0.29) is 34.0 Å². The summed E-state index contributed by atoms with van der Waals surface area (Å²) < 4.78 is 121. The number of nitrogens with one attached hydrogen (secondary N) is 3. The lowest BCUT2D eigenvalue weighted by molar-refractivity contribution is -0.115. The third-order valence-corrected chi connectivity index (χ3v) is 18.8. The number of hydrogen-bond donors (Lipinski definition) is 3. The van der Waals surface area contributed by atoms with Gasteiger partial charge in [0.15, 0.2) is 0 Å². The van der Waals surface area contributed by atoms with Crippen molar-refractivity contribution in [3.63, 3.8) is 0 Å². The number of anilines is 2. The van der Waals surface area contributed by atoms with Gasteiger partial charge in [0.1, 0.15) is 22.0 Å². The van der Waals surface area contributed by atoms with Gasteiger partial charge in [-0.15, -0.1) is 0 Å². The highest BCUT2D eigenvalue weighted by Crippen LogP contribution is 2.44. The number of nitrogens with zero attached hydrogens (tertiary/aromatic N) is 5. The maximum Gasteiger partial charge on any atom is 0.501 e. The van der Waals surface area contributed by atoms with E-state index in [4.69, 9.17) is 16.3 Å². The first-order chi connectivity index (χ1) is 34.4. The van der Waals surface area contributed by atoms with Crippen LogP contribution >= 0.6 is 11.6 Å². The van der Waals surface area contributed by atoms with E-state index in [1.165, 1.54) is 35.9 Å². The first-order valence-electron chi connectivity index (χ1n) is 23.8. The number of sulfone groups is 1. The van der Waals surface area contributed by atoms with Gasteiger partial charge in [-0.2, -0.15) is 17.5 Å².